The second-order valence-corrected chi connectivity index (χ2v) is 5.74. The summed E-state index contributed by atoms with van der Waals surface area (Å²) in [7, 11) is 1.57. The lowest BCUT2D eigenvalue weighted by Gasteiger charge is -2.15. The van der Waals surface area contributed by atoms with Crippen LogP contribution in [0.1, 0.15) is 25.0 Å². The lowest BCUT2D eigenvalue weighted by Crippen LogP contribution is -2.30. The first kappa shape index (κ1) is 15.4. The Balaban J connectivity index is 1.91. The Labute approximate surface area is 126 Å². The number of anilines is 1. The van der Waals surface area contributed by atoms with Crippen LogP contribution in [0.2, 0.25) is 0 Å². The molecule has 21 heavy (non-hydrogen) atoms. The molecule has 2 rings (SSSR count). The number of nitrogens with zero attached hydrogens (tertiary/aromatic N) is 3. The maximum atomic E-state index is 11.9. The molecule has 0 spiro atoms. The number of carbonyl (C=O) groups is 3. The summed E-state index contributed by atoms with van der Waals surface area (Å²) >= 11 is 1.35. The molecule has 0 saturated carbocycles. The van der Waals surface area contributed by atoms with Gasteiger partial charge in [-0.3, -0.25) is 19.3 Å². The summed E-state index contributed by atoms with van der Waals surface area (Å²) < 4.78 is 0. The molecule has 1 aromatic heterocycles. The first-order chi connectivity index (χ1) is 9.97. The van der Waals surface area contributed by atoms with Crippen LogP contribution in [-0.2, 0) is 20.8 Å². The Morgan fingerprint density at radius 3 is 2.90 bits per heavy atom. The van der Waals surface area contributed by atoms with E-state index in [1.807, 2.05) is 0 Å². The van der Waals surface area contributed by atoms with Gasteiger partial charge in [0.25, 0.3) is 0 Å². The second-order valence-electron chi connectivity index (χ2n) is 4.91. The third kappa shape index (κ3) is 4.01. The van der Waals surface area contributed by atoms with Crippen molar-refractivity contribution in [2.24, 2.45) is 0 Å². The summed E-state index contributed by atoms with van der Waals surface area (Å²) in [6.07, 6.45) is 1.43. The van der Waals surface area contributed by atoms with Crippen molar-refractivity contribution in [1.29, 1.82) is 0 Å². The van der Waals surface area contributed by atoms with Crippen molar-refractivity contribution in [3.05, 3.63) is 11.1 Å². The fraction of sp³-hybridized carbons (Fsp3) is 0.538. The van der Waals surface area contributed by atoms with Crippen LogP contribution in [0, 0.1) is 0 Å². The van der Waals surface area contributed by atoms with Crippen molar-refractivity contribution in [3.8, 4) is 0 Å². The molecule has 0 radical (unpaired) electrons. The number of thiazole rings is 1. The standard InChI is InChI=1S/C13H17N3O4S/c1-15(6-4-12(19)20)11(18)7-9-8-21-13(14-9)16-5-2-3-10(16)17/h8H,2-7H2,1H3,(H,19,20). The van der Waals surface area contributed by atoms with Crippen molar-refractivity contribution < 1.29 is 19.5 Å². The molecule has 1 fully saturated rings. The molecule has 0 aliphatic carbocycles. The average molecular weight is 311 g/mol. The lowest BCUT2D eigenvalue weighted by atomic mass is 10.3. The minimum absolute atomic E-state index is 0.0702. The third-order valence-corrected chi connectivity index (χ3v) is 4.18. The van der Waals surface area contributed by atoms with Crippen LogP contribution in [0.4, 0.5) is 5.13 Å². The van der Waals surface area contributed by atoms with Crippen molar-refractivity contribution in [2.45, 2.75) is 25.7 Å². The number of amides is 2. The molecular formula is C13H17N3O4S. The van der Waals surface area contributed by atoms with Crippen molar-refractivity contribution in [1.82, 2.24) is 9.88 Å². The highest BCUT2D eigenvalue weighted by molar-refractivity contribution is 7.14. The van der Waals surface area contributed by atoms with Crippen LogP contribution in [0.5, 0.6) is 0 Å². The number of hydrogen-bond donors (Lipinski definition) is 1. The zero-order chi connectivity index (χ0) is 15.4. The number of carbonyl (C=O) groups excluding carboxylic acids is 2. The van der Waals surface area contributed by atoms with Gasteiger partial charge in [-0.25, -0.2) is 4.98 Å². The Hall–Kier alpha value is -1.96. The van der Waals surface area contributed by atoms with E-state index in [-0.39, 0.29) is 31.2 Å². The van der Waals surface area contributed by atoms with E-state index in [0.29, 0.717) is 23.8 Å². The fourth-order valence-corrected chi connectivity index (χ4v) is 2.90. The summed E-state index contributed by atoms with van der Waals surface area (Å²) in [4.78, 5) is 41.4. The van der Waals surface area contributed by atoms with Gasteiger partial charge in [-0.05, 0) is 6.42 Å². The van der Waals surface area contributed by atoms with Gasteiger partial charge in [0.05, 0.1) is 18.5 Å². The lowest BCUT2D eigenvalue weighted by molar-refractivity contribution is -0.138. The summed E-state index contributed by atoms with van der Waals surface area (Å²) in [6.45, 7) is 0.855. The van der Waals surface area contributed by atoms with Gasteiger partial charge in [0, 0.05) is 31.9 Å². The number of carboxylic acids is 1. The molecule has 114 valence electrons. The Morgan fingerprint density at radius 1 is 1.52 bits per heavy atom. The SMILES string of the molecule is CN(CCC(=O)O)C(=O)Cc1csc(N2CCCC2=O)n1. The van der Waals surface area contributed by atoms with Gasteiger partial charge >= 0.3 is 5.97 Å². The molecule has 1 aliphatic heterocycles. The molecule has 2 heterocycles. The van der Waals surface area contributed by atoms with Crippen LogP contribution >= 0.6 is 11.3 Å². The molecule has 0 atom stereocenters. The van der Waals surface area contributed by atoms with Crippen LogP contribution in [0.25, 0.3) is 0 Å². The molecule has 1 N–H and O–H groups in total. The molecule has 1 aliphatic rings. The minimum Gasteiger partial charge on any atom is -0.481 e. The van der Waals surface area contributed by atoms with E-state index in [9.17, 15) is 14.4 Å². The minimum atomic E-state index is -0.932. The summed E-state index contributed by atoms with van der Waals surface area (Å²) in [5, 5.41) is 11.0. The number of rotatable bonds is 6. The van der Waals surface area contributed by atoms with E-state index >= 15 is 0 Å². The van der Waals surface area contributed by atoms with E-state index < -0.39 is 5.97 Å². The second kappa shape index (κ2) is 6.66. The summed E-state index contributed by atoms with van der Waals surface area (Å²) in [5.74, 6) is -1.04. The van der Waals surface area contributed by atoms with Crippen LogP contribution in [0.15, 0.2) is 5.38 Å². The first-order valence-corrected chi connectivity index (χ1v) is 7.56. The largest absolute Gasteiger partial charge is 0.481 e. The number of aromatic nitrogens is 1. The number of likely N-dealkylation sites (N-methyl/N-ethyl adjacent to an activating group) is 1. The number of aliphatic carboxylic acids is 1. The molecule has 0 aromatic carbocycles. The van der Waals surface area contributed by atoms with Gasteiger partial charge in [-0.2, -0.15) is 0 Å². The zero-order valence-corrected chi connectivity index (χ0v) is 12.6. The quantitative estimate of drug-likeness (QED) is 0.837. The summed E-state index contributed by atoms with van der Waals surface area (Å²) in [6, 6.07) is 0. The van der Waals surface area contributed by atoms with Crippen molar-refractivity contribution in [3.63, 3.8) is 0 Å². The van der Waals surface area contributed by atoms with Gasteiger partial charge in [-0.15, -0.1) is 11.3 Å². The normalized spacial score (nSPS) is 14.5. The Morgan fingerprint density at radius 2 is 2.29 bits per heavy atom. The van der Waals surface area contributed by atoms with Gasteiger partial charge < -0.3 is 10.0 Å². The summed E-state index contributed by atoms with van der Waals surface area (Å²) in [5.41, 5.74) is 0.613. The van der Waals surface area contributed by atoms with Gasteiger partial charge in [0.2, 0.25) is 11.8 Å². The molecule has 1 aromatic rings. The third-order valence-electron chi connectivity index (χ3n) is 3.26. The van der Waals surface area contributed by atoms with E-state index in [0.717, 1.165) is 6.42 Å². The van der Waals surface area contributed by atoms with Crippen LogP contribution < -0.4 is 4.90 Å². The number of carboxylic acid groups (broad SMARTS) is 1. The molecule has 7 nitrogen and oxygen atoms in total. The Bertz CT molecular complexity index is 557. The first-order valence-electron chi connectivity index (χ1n) is 6.68. The zero-order valence-electron chi connectivity index (χ0n) is 11.7. The van der Waals surface area contributed by atoms with Gasteiger partial charge in [0.15, 0.2) is 5.13 Å². The molecular weight excluding hydrogens is 294 g/mol. The van der Waals surface area contributed by atoms with E-state index in [1.165, 1.54) is 16.2 Å². The molecule has 8 heteroatoms. The van der Waals surface area contributed by atoms with E-state index in [2.05, 4.69) is 4.98 Å². The number of hydrogen-bond acceptors (Lipinski definition) is 5. The fourth-order valence-electron chi connectivity index (χ4n) is 2.03. The molecule has 0 unspecified atom stereocenters. The highest BCUT2D eigenvalue weighted by Crippen LogP contribution is 2.25. The van der Waals surface area contributed by atoms with Crippen LogP contribution in [0.3, 0.4) is 0 Å². The molecule has 2 amide bonds. The monoisotopic (exact) mass is 311 g/mol. The maximum Gasteiger partial charge on any atom is 0.305 e. The topological polar surface area (TPSA) is 90.8 Å². The predicted octanol–water partition coefficient (Wildman–Crippen LogP) is 0.745. The smallest absolute Gasteiger partial charge is 0.305 e. The van der Waals surface area contributed by atoms with Gasteiger partial charge in [-0.1, -0.05) is 0 Å². The highest BCUT2D eigenvalue weighted by atomic mass is 32.1. The molecule has 1 saturated heterocycles. The maximum absolute atomic E-state index is 11.9. The molecule has 0 bridgehead atoms. The highest BCUT2D eigenvalue weighted by Gasteiger charge is 2.24. The van der Waals surface area contributed by atoms with E-state index in [1.54, 1.807) is 17.3 Å². The van der Waals surface area contributed by atoms with Crippen LogP contribution in [-0.4, -0.2) is 52.9 Å². The van der Waals surface area contributed by atoms with E-state index in [4.69, 9.17) is 5.11 Å². The average Bonchev–Trinajstić information content (AvgIpc) is 3.04. The van der Waals surface area contributed by atoms with Crippen molar-refractivity contribution >= 4 is 34.3 Å². The van der Waals surface area contributed by atoms with Gasteiger partial charge in [0.1, 0.15) is 0 Å². The Kier molecular flexibility index (Phi) is 4.89. The predicted molar refractivity (Wildman–Crippen MR) is 77.3 cm³/mol. The van der Waals surface area contributed by atoms with Crippen molar-refractivity contribution in [2.75, 3.05) is 25.0 Å².